The molecule has 3 rings (SSSR count). The van der Waals surface area contributed by atoms with E-state index in [0.29, 0.717) is 19.0 Å². The molecule has 0 aliphatic carbocycles. The molecule has 2 saturated heterocycles. The van der Waals surface area contributed by atoms with Crippen LogP contribution in [0, 0.1) is 0 Å². The Hall–Kier alpha value is -2.40. The highest BCUT2D eigenvalue weighted by Crippen LogP contribution is 2.36. The van der Waals surface area contributed by atoms with Crippen molar-refractivity contribution in [3.05, 3.63) is 12.4 Å². The summed E-state index contributed by atoms with van der Waals surface area (Å²) in [7, 11) is -0.506. The molecule has 2 aliphatic heterocycles. The van der Waals surface area contributed by atoms with Crippen LogP contribution in [0.3, 0.4) is 0 Å². The Kier molecular flexibility index (Phi) is 6.96. The van der Waals surface area contributed by atoms with Crippen LogP contribution in [0.4, 0.5) is 10.7 Å². The molecule has 2 amide bonds. The standard InChI is InChI=1S/C22H36BN5O5/c1-14(26-19(30)31-20(2,3)4)17(29)27-16-9-10-28(13-16)18-24-11-15(12-25-18)23-32-21(5,6)22(7,8)33-23/h11-12,14,16H,9-10,13H2,1-8H3,(H,26,30)(H,27,29)/t14?,16-/m1/s1. The van der Waals surface area contributed by atoms with E-state index >= 15 is 0 Å². The minimum atomic E-state index is -0.704. The zero-order chi connectivity index (χ0) is 24.6. The Labute approximate surface area is 196 Å². The average molecular weight is 461 g/mol. The number of hydrogen-bond donors (Lipinski definition) is 2. The van der Waals surface area contributed by atoms with Gasteiger partial charge in [0, 0.05) is 37.0 Å². The second-order valence-electron chi connectivity index (χ2n) is 10.7. The van der Waals surface area contributed by atoms with Gasteiger partial charge in [-0.3, -0.25) is 4.79 Å². The van der Waals surface area contributed by atoms with Gasteiger partial charge in [-0.1, -0.05) is 0 Å². The number of ether oxygens (including phenoxy) is 1. The van der Waals surface area contributed by atoms with Crippen LogP contribution in [0.25, 0.3) is 0 Å². The highest BCUT2D eigenvalue weighted by Gasteiger charge is 2.52. The Balaban J connectivity index is 1.51. The van der Waals surface area contributed by atoms with Gasteiger partial charge in [0.05, 0.1) is 11.2 Å². The first-order chi connectivity index (χ1) is 15.2. The van der Waals surface area contributed by atoms with Crippen LogP contribution in [0.5, 0.6) is 0 Å². The third-order valence-corrected chi connectivity index (χ3v) is 6.13. The van der Waals surface area contributed by atoms with Gasteiger partial charge in [-0.25, -0.2) is 14.8 Å². The fourth-order valence-electron chi connectivity index (χ4n) is 3.53. The van der Waals surface area contributed by atoms with E-state index in [9.17, 15) is 9.59 Å². The van der Waals surface area contributed by atoms with Crippen LogP contribution in [-0.2, 0) is 18.8 Å². The quantitative estimate of drug-likeness (QED) is 0.633. The first-order valence-electron chi connectivity index (χ1n) is 11.4. The third-order valence-electron chi connectivity index (χ3n) is 6.13. The Morgan fingerprint density at radius 1 is 1.18 bits per heavy atom. The SMILES string of the molecule is CC(NC(=O)OC(C)(C)C)C(=O)N[C@@H]1CCN(c2ncc(B3OC(C)(C)C(C)(C)O3)cn2)C1. The van der Waals surface area contributed by atoms with Crippen LogP contribution >= 0.6 is 0 Å². The predicted octanol–water partition coefficient (Wildman–Crippen LogP) is 1.38. The number of nitrogens with zero attached hydrogens (tertiary/aromatic N) is 3. The summed E-state index contributed by atoms with van der Waals surface area (Å²) in [5, 5.41) is 5.54. The molecule has 182 valence electrons. The van der Waals surface area contributed by atoms with Gasteiger partial charge < -0.3 is 29.6 Å². The predicted molar refractivity (Wildman–Crippen MR) is 125 cm³/mol. The molecule has 11 heteroatoms. The summed E-state index contributed by atoms with van der Waals surface area (Å²) in [5.74, 6) is 0.330. The van der Waals surface area contributed by atoms with Crippen LogP contribution in [-0.4, -0.2) is 71.1 Å². The van der Waals surface area contributed by atoms with E-state index in [-0.39, 0.29) is 11.9 Å². The zero-order valence-corrected chi connectivity index (χ0v) is 20.9. The van der Waals surface area contributed by atoms with Crippen molar-refractivity contribution in [1.29, 1.82) is 0 Å². The maximum Gasteiger partial charge on any atom is 0.498 e. The number of rotatable bonds is 5. The molecule has 2 N–H and O–H groups in total. The van der Waals surface area contributed by atoms with E-state index in [1.807, 2.05) is 32.6 Å². The van der Waals surface area contributed by atoms with Crippen LogP contribution in [0.15, 0.2) is 12.4 Å². The van der Waals surface area contributed by atoms with Gasteiger partial charge in [0.15, 0.2) is 0 Å². The van der Waals surface area contributed by atoms with Crippen LogP contribution < -0.4 is 21.0 Å². The highest BCUT2D eigenvalue weighted by atomic mass is 16.7. The van der Waals surface area contributed by atoms with Crippen molar-refractivity contribution in [3.63, 3.8) is 0 Å². The lowest BCUT2D eigenvalue weighted by Gasteiger charge is -2.32. The number of carbonyl (C=O) groups is 2. The van der Waals surface area contributed by atoms with Crippen LogP contribution in [0.2, 0.25) is 0 Å². The van der Waals surface area contributed by atoms with Crippen molar-refractivity contribution < 1.29 is 23.6 Å². The minimum Gasteiger partial charge on any atom is -0.444 e. The summed E-state index contributed by atoms with van der Waals surface area (Å²) in [6.45, 7) is 16.3. The van der Waals surface area contributed by atoms with E-state index < -0.39 is 36.1 Å². The molecule has 33 heavy (non-hydrogen) atoms. The van der Waals surface area contributed by atoms with E-state index in [4.69, 9.17) is 14.0 Å². The molecule has 0 spiro atoms. The molecule has 1 unspecified atom stereocenters. The summed E-state index contributed by atoms with van der Waals surface area (Å²) in [6, 6.07) is -0.767. The van der Waals surface area contributed by atoms with Crippen molar-refractivity contribution in [1.82, 2.24) is 20.6 Å². The third kappa shape index (κ3) is 6.14. The van der Waals surface area contributed by atoms with Gasteiger partial charge in [-0.05, 0) is 61.8 Å². The van der Waals surface area contributed by atoms with Crippen molar-refractivity contribution in [2.24, 2.45) is 0 Å². The largest absolute Gasteiger partial charge is 0.498 e. The lowest BCUT2D eigenvalue weighted by atomic mass is 9.81. The monoisotopic (exact) mass is 461 g/mol. The molecule has 0 radical (unpaired) electrons. The summed E-state index contributed by atoms with van der Waals surface area (Å²) in [5.41, 5.74) is -0.703. The number of anilines is 1. The maximum atomic E-state index is 12.5. The summed E-state index contributed by atoms with van der Waals surface area (Å²) in [6.07, 6.45) is 3.59. The second-order valence-corrected chi connectivity index (χ2v) is 10.7. The first kappa shape index (κ1) is 25.2. The van der Waals surface area contributed by atoms with Gasteiger partial charge in [0.2, 0.25) is 11.9 Å². The topological polar surface area (TPSA) is 115 Å². The molecule has 1 aromatic heterocycles. The lowest BCUT2D eigenvalue weighted by molar-refractivity contribution is -0.123. The smallest absolute Gasteiger partial charge is 0.444 e. The minimum absolute atomic E-state index is 0.0632. The number of carbonyl (C=O) groups excluding carboxylic acids is 2. The molecule has 0 saturated carbocycles. The van der Waals surface area contributed by atoms with E-state index in [1.165, 1.54) is 0 Å². The molecule has 2 fully saturated rings. The summed E-state index contributed by atoms with van der Waals surface area (Å²) in [4.78, 5) is 35.4. The van der Waals surface area contributed by atoms with Crippen molar-refractivity contribution in [2.45, 2.75) is 90.7 Å². The normalized spacial score (nSPS) is 22.7. The van der Waals surface area contributed by atoms with E-state index in [0.717, 1.165) is 11.9 Å². The van der Waals surface area contributed by atoms with Crippen molar-refractivity contribution in [2.75, 3.05) is 18.0 Å². The Morgan fingerprint density at radius 2 is 1.76 bits per heavy atom. The molecule has 0 aromatic carbocycles. The summed E-state index contributed by atoms with van der Waals surface area (Å²) >= 11 is 0. The molecule has 2 atom stereocenters. The van der Waals surface area contributed by atoms with E-state index in [1.54, 1.807) is 40.1 Å². The van der Waals surface area contributed by atoms with Crippen molar-refractivity contribution >= 4 is 30.5 Å². The van der Waals surface area contributed by atoms with Gasteiger partial charge in [0.25, 0.3) is 0 Å². The molecular weight excluding hydrogens is 425 g/mol. The number of nitrogens with one attached hydrogen (secondary N) is 2. The first-order valence-corrected chi connectivity index (χ1v) is 11.4. The average Bonchev–Trinajstić information content (AvgIpc) is 3.22. The van der Waals surface area contributed by atoms with Crippen LogP contribution in [0.1, 0.15) is 61.8 Å². The Morgan fingerprint density at radius 3 is 2.30 bits per heavy atom. The number of aromatic nitrogens is 2. The highest BCUT2D eigenvalue weighted by molar-refractivity contribution is 6.61. The maximum absolute atomic E-state index is 12.5. The molecule has 3 heterocycles. The van der Waals surface area contributed by atoms with Gasteiger partial charge >= 0.3 is 13.2 Å². The van der Waals surface area contributed by atoms with Gasteiger partial charge in [-0.15, -0.1) is 0 Å². The lowest BCUT2D eigenvalue weighted by Crippen LogP contribution is -2.49. The molecule has 2 aliphatic rings. The molecule has 0 bridgehead atoms. The fourth-order valence-corrected chi connectivity index (χ4v) is 3.53. The fraction of sp³-hybridized carbons (Fsp3) is 0.727. The van der Waals surface area contributed by atoms with Gasteiger partial charge in [0.1, 0.15) is 11.6 Å². The van der Waals surface area contributed by atoms with Gasteiger partial charge in [-0.2, -0.15) is 0 Å². The number of amides is 2. The molecule has 10 nitrogen and oxygen atoms in total. The Bertz CT molecular complexity index is 855. The van der Waals surface area contributed by atoms with Crippen molar-refractivity contribution in [3.8, 4) is 0 Å². The van der Waals surface area contributed by atoms with E-state index in [2.05, 4.69) is 20.6 Å². The molecular formula is C22H36BN5O5. The number of hydrogen-bond acceptors (Lipinski definition) is 8. The molecule has 1 aromatic rings. The number of alkyl carbamates (subject to hydrolysis) is 1. The second kappa shape index (κ2) is 9.10. The summed E-state index contributed by atoms with van der Waals surface area (Å²) < 4.78 is 17.3. The zero-order valence-electron chi connectivity index (χ0n) is 20.9.